The highest BCUT2D eigenvalue weighted by atomic mass is 16.6. The van der Waals surface area contributed by atoms with Gasteiger partial charge < -0.3 is 19.4 Å². The molecule has 1 saturated heterocycles. The van der Waals surface area contributed by atoms with Gasteiger partial charge in [-0.15, -0.1) is 0 Å². The molecule has 0 spiro atoms. The molecule has 1 aliphatic heterocycles. The normalized spacial score (nSPS) is 26.8. The molecule has 0 radical (unpaired) electrons. The molecular formula is C13H19N3O4. The number of nitrogens with zero attached hydrogens (tertiary/aromatic N) is 1. The molecule has 7 nitrogen and oxygen atoms in total. The number of methoxy groups -OCH3 is 2. The van der Waals surface area contributed by atoms with Crippen molar-refractivity contribution in [2.75, 3.05) is 14.2 Å². The molecule has 0 amide bonds. The maximum Gasteiger partial charge on any atom is 0.210 e. The lowest BCUT2D eigenvalue weighted by atomic mass is 10.2. The van der Waals surface area contributed by atoms with Crippen molar-refractivity contribution in [2.24, 2.45) is 5.16 Å². The number of para-hydroxylation sites is 1. The van der Waals surface area contributed by atoms with Crippen LogP contribution in [0.15, 0.2) is 29.4 Å². The zero-order chi connectivity index (χ0) is 14.4. The van der Waals surface area contributed by atoms with Gasteiger partial charge in [0.15, 0.2) is 0 Å². The van der Waals surface area contributed by atoms with Gasteiger partial charge in [-0.3, -0.25) is 0 Å². The van der Waals surface area contributed by atoms with E-state index >= 15 is 0 Å². The van der Waals surface area contributed by atoms with Gasteiger partial charge in [0.25, 0.3) is 0 Å². The number of ether oxygens (including phenoxy) is 3. The van der Waals surface area contributed by atoms with Crippen molar-refractivity contribution in [2.45, 2.75) is 25.2 Å². The Balaban J connectivity index is 2.08. The molecule has 1 aliphatic rings. The Morgan fingerprint density at radius 2 is 1.85 bits per heavy atom. The molecule has 20 heavy (non-hydrogen) atoms. The van der Waals surface area contributed by atoms with Crippen LogP contribution in [-0.4, -0.2) is 44.4 Å². The first-order chi connectivity index (χ1) is 9.76. The topological polar surface area (TPSA) is 84.3 Å². The second-order valence-electron chi connectivity index (χ2n) is 4.30. The van der Waals surface area contributed by atoms with E-state index in [1.54, 1.807) is 26.4 Å². The minimum atomic E-state index is -0.466. The summed E-state index contributed by atoms with van der Waals surface area (Å²) in [5, 5.41) is 18.0. The van der Waals surface area contributed by atoms with E-state index < -0.39 is 6.35 Å². The van der Waals surface area contributed by atoms with Gasteiger partial charge in [-0.05, 0) is 12.1 Å². The first-order valence-corrected chi connectivity index (χ1v) is 6.27. The standard InChI is InChI=1S/C13H19N3O4/c1-18-11-7-12(19-2)16-13(15-11)20-10-6-4-3-5-9(10)8-14-17/h3-6,8,11-13,15-17H,7H2,1-2H3/b14-8+. The molecule has 1 aromatic carbocycles. The third-order valence-corrected chi connectivity index (χ3v) is 3.03. The van der Waals surface area contributed by atoms with Gasteiger partial charge in [0.1, 0.15) is 18.2 Å². The Kier molecular flexibility index (Phi) is 5.31. The number of nitrogens with one attached hydrogen (secondary N) is 2. The molecule has 3 N–H and O–H groups in total. The molecule has 1 fully saturated rings. The number of benzene rings is 1. The van der Waals surface area contributed by atoms with Crippen LogP contribution in [0.5, 0.6) is 5.75 Å². The van der Waals surface area contributed by atoms with E-state index in [1.165, 1.54) is 6.21 Å². The summed E-state index contributed by atoms with van der Waals surface area (Å²) in [6.07, 6.45) is 1.20. The van der Waals surface area contributed by atoms with Gasteiger partial charge in [-0.1, -0.05) is 17.3 Å². The van der Waals surface area contributed by atoms with Crippen molar-refractivity contribution in [1.82, 2.24) is 10.6 Å². The summed E-state index contributed by atoms with van der Waals surface area (Å²) < 4.78 is 16.4. The Morgan fingerprint density at radius 1 is 1.20 bits per heavy atom. The summed E-state index contributed by atoms with van der Waals surface area (Å²) in [5.74, 6) is 0.585. The number of hydrogen-bond acceptors (Lipinski definition) is 7. The SMILES string of the molecule is COC1CC(OC)NC(Oc2ccccc2/C=N/O)N1. The maximum absolute atomic E-state index is 8.65. The van der Waals surface area contributed by atoms with Crippen molar-refractivity contribution < 1.29 is 19.4 Å². The first-order valence-electron chi connectivity index (χ1n) is 6.27. The molecule has 0 aliphatic carbocycles. The van der Waals surface area contributed by atoms with Crippen molar-refractivity contribution in [3.63, 3.8) is 0 Å². The van der Waals surface area contributed by atoms with E-state index in [0.717, 1.165) is 0 Å². The number of hydrogen-bond donors (Lipinski definition) is 3. The highest BCUT2D eigenvalue weighted by Crippen LogP contribution is 2.18. The van der Waals surface area contributed by atoms with E-state index in [-0.39, 0.29) is 12.5 Å². The van der Waals surface area contributed by atoms with Gasteiger partial charge in [-0.25, -0.2) is 10.6 Å². The predicted molar refractivity (Wildman–Crippen MR) is 72.7 cm³/mol. The van der Waals surface area contributed by atoms with Gasteiger partial charge in [0, 0.05) is 26.2 Å². The Bertz CT molecular complexity index is 443. The fraction of sp³-hybridized carbons (Fsp3) is 0.462. The number of rotatable bonds is 5. The molecule has 2 rings (SSSR count). The minimum absolute atomic E-state index is 0.162. The fourth-order valence-corrected chi connectivity index (χ4v) is 2.00. The fourth-order valence-electron chi connectivity index (χ4n) is 2.00. The molecule has 7 heteroatoms. The zero-order valence-electron chi connectivity index (χ0n) is 11.4. The Labute approximate surface area is 117 Å². The van der Waals surface area contributed by atoms with Crippen molar-refractivity contribution in [3.05, 3.63) is 29.8 Å². The molecule has 0 aromatic heterocycles. The summed E-state index contributed by atoms with van der Waals surface area (Å²) in [4.78, 5) is 0. The van der Waals surface area contributed by atoms with Crippen LogP contribution in [-0.2, 0) is 9.47 Å². The average molecular weight is 281 g/mol. The van der Waals surface area contributed by atoms with Crippen molar-refractivity contribution in [3.8, 4) is 5.75 Å². The third-order valence-electron chi connectivity index (χ3n) is 3.03. The van der Waals surface area contributed by atoms with E-state index in [9.17, 15) is 0 Å². The van der Waals surface area contributed by atoms with Crippen LogP contribution >= 0.6 is 0 Å². The van der Waals surface area contributed by atoms with Gasteiger partial charge in [0.05, 0.1) is 6.21 Å². The zero-order valence-corrected chi connectivity index (χ0v) is 11.4. The second-order valence-corrected chi connectivity index (χ2v) is 4.30. The first kappa shape index (κ1) is 14.7. The summed E-state index contributed by atoms with van der Waals surface area (Å²) in [5.41, 5.74) is 0.673. The quantitative estimate of drug-likeness (QED) is 0.418. The molecule has 1 aromatic rings. The third kappa shape index (κ3) is 3.67. The molecule has 2 unspecified atom stereocenters. The second kappa shape index (κ2) is 7.20. The smallest absolute Gasteiger partial charge is 0.210 e. The van der Waals surface area contributed by atoms with E-state index in [2.05, 4.69) is 15.8 Å². The summed E-state index contributed by atoms with van der Waals surface area (Å²) in [6, 6.07) is 7.26. The monoisotopic (exact) mass is 281 g/mol. The van der Waals surface area contributed by atoms with Crippen molar-refractivity contribution >= 4 is 6.21 Å². The summed E-state index contributed by atoms with van der Waals surface area (Å²) in [6.45, 7) is 0. The van der Waals surface area contributed by atoms with Gasteiger partial charge in [0.2, 0.25) is 6.35 Å². The molecule has 0 bridgehead atoms. The molecule has 0 saturated carbocycles. The molecule has 1 heterocycles. The molecule has 110 valence electrons. The Morgan fingerprint density at radius 3 is 2.45 bits per heavy atom. The van der Waals surface area contributed by atoms with Crippen LogP contribution < -0.4 is 15.4 Å². The van der Waals surface area contributed by atoms with Crippen molar-refractivity contribution in [1.29, 1.82) is 0 Å². The van der Waals surface area contributed by atoms with Crippen LogP contribution in [0.2, 0.25) is 0 Å². The van der Waals surface area contributed by atoms with E-state index in [1.807, 2.05) is 12.1 Å². The number of oxime groups is 1. The highest BCUT2D eigenvalue weighted by Gasteiger charge is 2.28. The lowest BCUT2D eigenvalue weighted by Crippen LogP contribution is -2.61. The molecular weight excluding hydrogens is 262 g/mol. The minimum Gasteiger partial charge on any atom is -0.461 e. The van der Waals surface area contributed by atoms with Crippen LogP contribution in [0.1, 0.15) is 12.0 Å². The van der Waals surface area contributed by atoms with Gasteiger partial charge in [-0.2, -0.15) is 0 Å². The summed E-state index contributed by atoms with van der Waals surface area (Å²) in [7, 11) is 3.25. The lowest BCUT2D eigenvalue weighted by molar-refractivity contribution is -0.0948. The highest BCUT2D eigenvalue weighted by molar-refractivity contribution is 5.82. The van der Waals surface area contributed by atoms with Crippen LogP contribution in [0.4, 0.5) is 0 Å². The average Bonchev–Trinajstić information content (AvgIpc) is 2.49. The van der Waals surface area contributed by atoms with Gasteiger partial charge >= 0.3 is 0 Å². The predicted octanol–water partition coefficient (Wildman–Crippen LogP) is 0.685. The molecule has 2 atom stereocenters. The largest absolute Gasteiger partial charge is 0.461 e. The lowest BCUT2D eigenvalue weighted by Gasteiger charge is -2.35. The van der Waals surface area contributed by atoms with E-state index in [0.29, 0.717) is 17.7 Å². The Hall–Kier alpha value is -1.67. The van der Waals surface area contributed by atoms with Crippen LogP contribution in [0, 0.1) is 0 Å². The maximum atomic E-state index is 8.65. The van der Waals surface area contributed by atoms with E-state index in [4.69, 9.17) is 19.4 Å². The summed E-state index contributed by atoms with van der Waals surface area (Å²) >= 11 is 0. The van der Waals surface area contributed by atoms with Crippen LogP contribution in [0.25, 0.3) is 0 Å². The van der Waals surface area contributed by atoms with Crippen LogP contribution in [0.3, 0.4) is 0 Å².